The van der Waals surface area contributed by atoms with Crippen molar-refractivity contribution in [3.05, 3.63) is 60.0 Å². The van der Waals surface area contributed by atoms with Crippen molar-refractivity contribution in [2.75, 3.05) is 7.11 Å². The van der Waals surface area contributed by atoms with Gasteiger partial charge in [-0.2, -0.15) is 5.10 Å². The molecule has 2 amide bonds. The highest BCUT2D eigenvalue weighted by Gasteiger charge is 2.53. The van der Waals surface area contributed by atoms with Gasteiger partial charge in [0.15, 0.2) is 5.82 Å². The van der Waals surface area contributed by atoms with E-state index in [1.165, 1.54) is 12.8 Å². The monoisotopic (exact) mass is 647 g/mol. The Bertz CT molecular complexity index is 2090. The van der Waals surface area contributed by atoms with E-state index in [9.17, 15) is 9.59 Å². The molecule has 6 heterocycles. The van der Waals surface area contributed by atoms with Gasteiger partial charge in [-0.1, -0.05) is 0 Å². The van der Waals surface area contributed by atoms with Crippen LogP contribution in [0.4, 0.5) is 0 Å². The summed E-state index contributed by atoms with van der Waals surface area (Å²) in [7, 11) is 3.64. The van der Waals surface area contributed by atoms with Crippen LogP contribution in [-0.4, -0.2) is 70.8 Å². The first-order chi connectivity index (χ1) is 23.3. The van der Waals surface area contributed by atoms with Gasteiger partial charge in [-0.3, -0.25) is 14.3 Å². The Balaban J connectivity index is 1.08. The predicted molar refractivity (Wildman–Crippen MR) is 180 cm³/mol. The fourth-order valence-corrected chi connectivity index (χ4v) is 8.24. The van der Waals surface area contributed by atoms with Crippen LogP contribution in [0.1, 0.15) is 74.0 Å². The molecule has 5 aromatic rings. The number of pyridine rings is 1. The fourth-order valence-electron chi connectivity index (χ4n) is 8.24. The summed E-state index contributed by atoms with van der Waals surface area (Å²) < 4.78 is 12.0. The Kier molecular flexibility index (Phi) is 6.53. The molecule has 2 bridgehead atoms. The number of hydrogen-bond acceptors (Lipinski definition) is 7. The van der Waals surface area contributed by atoms with E-state index in [4.69, 9.17) is 20.4 Å². The van der Waals surface area contributed by atoms with E-state index >= 15 is 0 Å². The highest BCUT2D eigenvalue weighted by atomic mass is 16.5. The first-order valence-electron chi connectivity index (χ1n) is 17.2. The Labute approximate surface area is 278 Å². The highest BCUT2D eigenvalue weighted by Crippen LogP contribution is 2.44. The van der Waals surface area contributed by atoms with E-state index in [1.54, 1.807) is 18.0 Å². The van der Waals surface area contributed by atoms with E-state index in [2.05, 4.69) is 31.7 Å². The van der Waals surface area contributed by atoms with Crippen LogP contribution in [0.5, 0.6) is 5.75 Å². The number of hydrogen-bond donors (Lipinski definition) is 2. The third kappa shape index (κ3) is 4.48. The molecule has 9 rings (SSSR count). The molecule has 0 unspecified atom stereocenters. The maximum Gasteiger partial charge on any atom is 0.254 e. The number of carbonyl (C=O) groups excluding carboxylic acids is 2. The minimum absolute atomic E-state index is 0.000805. The molecular formula is C36H41N9O3. The average Bonchev–Trinajstić information content (AvgIpc) is 3.80. The van der Waals surface area contributed by atoms with Crippen molar-refractivity contribution in [3.63, 3.8) is 0 Å². The van der Waals surface area contributed by atoms with Gasteiger partial charge in [0.1, 0.15) is 22.5 Å². The molecule has 4 fully saturated rings. The molecule has 4 atom stereocenters. The van der Waals surface area contributed by atoms with Crippen LogP contribution < -0.4 is 15.8 Å². The number of aryl methyl sites for hydroxylation is 1. The molecule has 0 radical (unpaired) electrons. The lowest BCUT2D eigenvalue weighted by Gasteiger charge is -2.23. The number of benzene rings is 1. The number of amides is 2. The van der Waals surface area contributed by atoms with E-state index < -0.39 is 5.54 Å². The van der Waals surface area contributed by atoms with Crippen molar-refractivity contribution in [3.8, 4) is 17.3 Å². The number of nitrogens with one attached hydrogen (secondary N) is 1. The van der Waals surface area contributed by atoms with Crippen molar-refractivity contribution in [2.45, 2.75) is 88.1 Å². The van der Waals surface area contributed by atoms with Crippen molar-refractivity contribution in [2.24, 2.45) is 18.7 Å². The van der Waals surface area contributed by atoms with Crippen molar-refractivity contribution >= 4 is 33.9 Å². The Morgan fingerprint density at radius 2 is 1.96 bits per heavy atom. The normalized spacial score (nSPS) is 23.2. The second kappa shape index (κ2) is 10.6. The number of carbonyl (C=O) groups is 2. The summed E-state index contributed by atoms with van der Waals surface area (Å²) in [6.45, 7) is 2.82. The number of ether oxygens (including phenoxy) is 1. The molecule has 4 aromatic heterocycles. The van der Waals surface area contributed by atoms with Gasteiger partial charge in [-0.25, -0.2) is 9.97 Å². The van der Waals surface area contributed by atoms with Crippen LogP contribution in [-0.2, 0) is 23.9 Å². The summed E-state index contributed by atoms with van der Waals surface area (Å²) in [5, 5.41) is 8.56. The van der Waals surface area contributed by atoms with Crippen LogP contribution in [0, 0.1) is 5.92 Å². The molecule has 4 aliphatic rings. The van der Waals surface area contributed by atoms with E-state index in [1.807, 2.05) is 49.3 Å². The molecule has 1 aromatic carbocycles. The molecule has 3 N–H and O–H groups in total. The van der Waals surface area contributed by atoms with Crippen LogP contribution in [0.15, 0.2) is 48.8 Å². The summed E-state index contributed by atoms with van der Waals surface area (Å²) in [5.41, 5.74) is 10.5. The van der Waals surface area contributed by atoms with Crippen molar-refractivity contribution in [1.29, 1.82) is 0 Å². The number of aromatic nitrogens is 6. The maximum atomic E-state index is 13.8. The minimum atomic E-state index is -0.603. The largest absolute Gasteiger partial charge is 0.494 e. The molecule has 0 spiro atoms. The van der Waals surface area contributed by atoms with Crippen molar-refractivity contribution < 1.29 is 14.3 Å². The van der Waals surface area contributed by atoms with Gasteiger partial charge in [0.25, 0.3) is 5.91 Å². The molecule has 2 saturated heterocycles. The van der Waals surface area contributed by atoms with Gasteiger partial charge < -0.3 is 29.8 Å². The van der Waals surface area contributed by atoms with Crippen LogP contribution >= 0.6 is 0 Å². The standard InChI is InChI=1S/C36H41N9O3/c1-20(39-35(47)36(11-12-36)44-14-4-13-38-44)26-9-7-22-16-29(43(32(22)40-26)19-21-5-6-21)33-41-27-15-23(17-30(48-3)31(27)42(33)2)34(46)45-24-8-10-28(45)25(37)18-24/h4,7,9,13-17,20-21,24-25,28H,5-6,8,10-12,18-19,37H2,1-3H3,(H,39,47)/t20-,24+,25-,28-/m1/s1. The lowest BCUT2D eigenvalue weighted by molar-refractivity contribution is -0.126. The third-order valence-electron chi connectivity index (χ3n) is 11.2. The van der Waals surface area contributed by atoms with E-state index in [0.29, 0.717) is 22.7 Å². The van der Waals surface area contributed by atoms with Gasteiger partial charge in [-0.15, -0.1) is 0 Å². The minimum Gasteiger partial charge on any atom is -0.494 e. The second-order valence-corrected chi connectivity index (χ2v) is 14.4. The Morgan fingerprint density at radius 1 is 1.12 bits per heavy atom. The molecule has 2 aliphatic carbocycles. The summed E-state index contributed by atoms with van der Waals surface area (Å²) in [4.78, 5) is 39.5. The molecule has 12 nitrogen and oxygen atoms in total. The molecular weight excluding hydrogens is 606 g/mol. The van der Waals surface area contributed by atoms with Gasteiger partial charge in [0.05, 0.1) is 30.1 Å². The van der Waals surface area contributed by atoms with Crippen LogP contribution in [0.3, 0.4) is 0 Å². The lowest BCUT2D eigenvalue weighted by Crippen LogP contribution is -2.40. The molecule has 248 valence electrons. The predicted octanol–water partition coefficient (Wildman–Crippen LogP) is 4.28. The van der Waals surface area contributed by atoms with Gasteiger partial charge in [-0.05, 0) is 94.2 Å². The summed E-state index contributed by atoms with van der Waals surface area (Å²) in [6.07, 6.45) is 10.3. The number of nitrogens with zero attached hydrogens (tertiary/aromatic N) is 7. The zero-order valence-corrected chi connectivity index (χ0v) is 27.6. The van der Waals surface area contributed by atoms with Gasteiger partial charge >= 0.3 is 0 Å². The molecule has 48 heavy (non-hydrogen) atoms. The van der Waals surface area contributed by atoms with Gasteiger partial charge in [0, 0.05) is 55.1 Å². The zero-order chi connectivity index (χ0) is 32.9. The fraction of sp³-hybridized carbons (Fsp3) is 0.472. The first kappa shape index (κ1) is 29.4. The zero-order valence-electron chi connectivity index (χ0n) is 27.6. The number of fused-ring (bicyclic) bond motifs is 4. The Morgan fingerprint density at radius 3 is 2.62 bits per heavy atom. The van der Waals surface area contributed by atoms with Crippen LogP contribution in [0.25, 0.3) is 33.6 Å². The number of rotatable bonds is 9. The number of nitrogens with two attached hydrogens (primary N) is 1. The topological polar surface area (TPSA) is 138 Å². The maximum absolute atomic E-state index is 13.8. The van der Waals surface area contributed by atoms with Gasteiger partial charge in [0.2, 0.25) is 5.91 Å². The van der Waals surface area contributed by atoms with Crippen molar-refractivity contribution in [1.82, 2.24) is 39.1 Å². The summed E-state index contributed by atoms with van der Waals surface area (Å²) >= 11 is 0. The second-order valence-electron chi connectivity index (χ2n) is 14.4. The highest BCUT2D eigenvalue weighted by molar-refractivity contribution is 6.01. The average molecular weight is 648 g/mol. The third-order valence-corrected chi connectivity index (χ3v) is 11.2. The Hall–Kier alpha value is -4.71. The molecule has 12 heteroatoms. The molecule has 2 saturated carbocycles. The quantitative estimate of drug-likeness (QED) is 0.244. The first-order valence-corrected chi connectivity index (χ1v) is 17.2. The van der Waals surface area contributed by atoms with E-state index in [-0.39, 0.29) is 36.0 Å². The summed E-state index contributed by atoms with van der Waals surface area (Å²) in [5.74, 6) is 1.96. The number of methoxy groups -OCH3 is 1. The smallest absolute Gasteiger partial charge is 0.254 e. The number of imidazole rings is 1. The molecule has 2 aliphatic heterocycles. The van der Waals surface area contributed by atoms with Crippen LogP contribution in [0.2, 0.25) is 0 Å². The van der Waals surface area contributed by atoms with E-state index in [0.717, 1.165) is 72.4 Å². The SMILES string of the molecule is COc1cc(C(=O)N2[C@H]3CC[C@@H]2[C@H](N)C3)cc2nc(-c3cc4ccc([C@@H](C)NC(=O)C5(n6cccn6)CC5)nc4n3CC3CC3)n(C)c12. The summed E-state index contributed by atoms with van der Waals surface area (Å²) in [6, 6.07) is 11.9. The lowest BCUT2D eigenvalue weighted by atomic mass is 9.97.